The Morgan fingerprint density at radius 1 is 1.05 bits per heavy atom. The lowest BCUT2D eigenvalue weighted by Gasteiger charge is -2.17. The van der Waals surface area contributed by atoms with Crippen LogP contribution in [-0.4, -0.2) is 6.10 Å². The Kier molecular flexibility index (Phi) is 4.58. The number of nitriles is 1. The number of hydrogen-bond acceptors (Lipinski definition) is 2. The second kappa shape index (κ2) is 6.61. The minimum atomic E-state index is -0.0464. The van der Waals surface area contributed by atoms with Crippen LogP contribution in [0.3, 0.4) is 0 Å². The average Bonchev–Trinajstić information content (AvgIpc) is 2.48. The fraction of sp³-hybridized carbons (Fsp3) is 0.235. The van der Waals surface area contributed by atoms with Crippen LogP contribution in [0, 0.1) is 11.3 Å². The lowest BCUT2D eigenvalue weighted by Crippen LogP contribution is -2.14. The van der Waals surface area contributed by atoms with E-state index in [1.165, 1.54) is 0 Å². The molecule has 0 aliphatic carbocycles. The molecule has 0 bridgehead atoms. The van der Waals surface area contributed by atoms with Gasteiger partial charge in [0.05, 0.1) is 12.5 Å². The van der Waals surface area contributed by atoms with Gasteiger partial charge in [0.25, 0.3) is 0 Å². The van der Waals surface area contributed by atoms with Crippen molar-refractivity contribution in [3.63, 3.8) is 0 Å². The van der Waals surface area contributed by atoms with Gasteiger partial charge in [-0.15, -0.1) is 0 Å². The van der Waals surface area contributed by atoms with E-state index in [0.29, 0.717) is 6.42 Å². The number of benzene rings is 2. The molecule has 0 amide bonds. The second-order valence-electron chi connectivity index (χ2n) is 4.37. The van der Waals surface area contributed by atoms with Crippen molar-refractivity contribution in [1.29, 1.82) is 5.26 Å². The molecule has 19 heavy (non-hydrogen) atoms. The molecule has 0 aromatic heterocycles. The zero-order valence-corrected chi connectivity index (χ0v) is 11.0. The summed E-state index contributed by atoms with van der Waals surface area (Å²) in [7, 11) is 0. The van der Waals surface area contributed by atoms with Gasteiger partial charge in [0.15, 0.2) is 0 Å². The molecule has 0 saturated carbocycles. The summed E-state index contributed by atoms with van der Waals surface area (Å²) in [5.74, 6) is 0.843. The second-order valence-corrected chi connectivity index (χ2v) is 4.37. The van der Waals surface area contributed by atoms with Gasteiger partial charge < -0.3 is 4.74 Å². The third-order valence-corrected chi connectivity index (χ3v) is 3.04. The summed E-state index contributed by atoms with van der Waals surface area (Å²) in [5, 5.41) is 8.80. The molecule has 0 N–H and O–H groups in total. The largest absolute Gasteiger partial charge is 0.489 e. The minimum absolute atomic E-state index is 0.0464. The topological polar surface area (TPSA) is 33.0 Å². The van der Waals surface area contributed by atoms with E-state index in [9.17, 15) is 0 Å². The van der Waals surface area contributed by atoms with E-state index in [-0.39, 0.29) is 6.10 Å². The van der Waals surface area contributed by atoms with Crippen molar-refractivity contribution in [3.05, 3.63) is 54.6 Å². The molecule has 2 aromatic carbocycles. The fourth-order valence-corrected chi connectivity index (χ4v) is 1.98. The zero-order valence-electron chi connectivity index (χ0n) is 11.0. The maximum atomic E-state index is 8.80. The predicted molar refractivity (Wildman–Crippen MR) is 76.8 cm³/mol. The van der Waals surface area contributed by atoms with E-state index in [4.69, 9.17) is 10.00 Å². The lowest BCUT2D eigenvalue weighted by molar-refractivity contribution is 0.203. The molecule has 0 fully saturated rings. The summed E-state index contributed by atoms with van der Waals surface area (Å²) in [6, 6.07) is 20.3. The molecule has 1 unspecified atom stereocenters. The summed E-state index contributed by atoms with van der Waals surface area (Å²) in [5.41, 5.74) is 2.20. The van der Waals surface area contributed by atoms with Gasteiger partial charge in [0, 0.05) is 5.56 Å². The molecule has 2 nitrogen and oxygen atoms in total. The van der Waals surface area contributed by atoms with Crippen LogP contribution in [0.4, 0.5) is 0 Å². The quantitative estimate of drug-likeness (QED) is 0.787. The van der Waals surface area contributed by atoms with Crippen LogP contribution in [0.1, 0.15) is 19.8 Å². The molecule has 96 valence electrons. The van der Waals surface area contributed by atoms with Gasteiger partial charge in [-0.3, -0.25) is 0 Å². The molecular weight excluding hydrogens is 234 g/mol. The molecule has 0 spiro atoms. The fourth-order valence-electron chi connectivity index (χ4n) is 1.98. The summed E-state index contributed by atoms with van der Waals surface area (Å²) in [6.45, 7) is 2.03. The first-order chi connectivity index (χ1) is 9.35. The van der Waals surface area contributed by atoms with Crippen molar-refractivity contribution in [2.24, 2.45) is 0 Å². The van der Waals surface area contributed by atoms with E-state index in [0.717, 1.165) is 23.3 Å². The van der Waals surface area contributed by atoms with Gasteiger partial charge in [-0.25, -0.2) is 0 Å². The molecule has 1 atom stereocenters. The molecule has 0 aliphatic rings. The standard InChI is InChI=1S/C17H17NO/c1-2-15(12-13-18)19-17-11-7-6-10-16(17)14-8-4-3-5-9-14/h3-11,15H,2,12H2,1H3. The highest BCUT2D eigenvalue weighted by Gasteiger charge is 2.11. The molecule has 2 aromatic rings. The summed E-state index contributed by atoms with van der Waals surface area (Å²) < 4.78 is 5.97. The maximum Gasteiger partial charge on any atom is 0.127 e. The first-order valence-electron chi connectivity index (χ1n) is 6.53. The highest BCUT2D eigenvalue weighted by Crippen LogP contribution is 2.30. The lowest BCUT2D eigenvalue weighted by atomic mass is 10.0. The van der Waals surface area contributed by atoms with Crippen molar-refractivity contribution in [2.75, 3.05) is 0 Å². The number of ether oxygens (including phenoxy) is 1. The first-order valence-corrected chi connectivity index (χ1v) is 6.53. The average molecular weight is 251 g/mol. The van der Waals surface area contributed by atoms with Crippen LogP contribution in [0.15, 0.2) is 54.6 Å². The van der Waals surface area contributed by atoms with Crippen LogP contribution in [0.5, 0.6) is 5.75 Å². The molecule has 0 aliphatic heterocycles. The number of para-hydroxylation sites is 1. The molecule has 2 heteroatoms. The van der Waals surface area contributed by atoms with Gasteiger partial charge in [-0.1, -0.05) is 55.5 Å². The van der Waals surface area contributed by atoms with Crippen molar-refractivity contribution in [1.82, 2.24) is 0 Å². The van der Waals surface area contributed by atoms with Crippen molar-refractivity contribution in [2.45, 2.75) is 25.9 Å². The Morgan fingerprint density at radius 2 is 1.74 bits per heavy atom. The monoisotopic (exact) mass is 251 g/mol. The minimum Gasteiger partial charge on any atom is -0.489 e. The first kappa shape index (κ1) is 13.2. The van der Waals surface area contributed by atoms with Gasteiger partial charge in [-0.05, 0) is 18.1 Å². The smallest absolute Gasteiger partial charge is 0.127 e. The third-order valence-electron chi connectivity index (χ3n) is 3.04. The normalized spacial score (nSPS) is 11.6. The van der Waals surface area contributed by atoms with Crippen molar-refractivity contribution < 1.29 is 4.74 Å². The Hall–Kier alpha value is -2.27. The molecule has 0 heterocycles. The molecular formula is C17H17NO. The highest BCUT2D eigenvalue weighted by molar-refractivity contribution is 5.70. The Labute approximate surface area is 114 Å². The van der Waals surface area contributed by atoms with E-state index in [2.05, 4.69) is 18.2 Å². The van der Waals surface area contributed by atoms with Crippen LogP contribution >= 0.6 is 0 Å². The number of nitrogens with zero attached hydrogens (tertiary/aromatic N) is 1. The van der Waals surface area contributed by atoms with E-state index < -0.39 is 0 Å². The Balaban J connectivity index is 2.29. The molecule has 0 radical (unpaired) electrons. The van der Waals surface area contributed by atoms with Gasteiger partial charge in [0.1, 0.15) is 11.9 Å². The van der Waals surface area contributed by atoms with Crippen molar-refractivity contribution >= 4 is 0 Å². The van der Waals surface area contributed by atoms with Gasteiger partial charge in [-0.2, -0.15) is 5.26 Å². The van der Waals surface area contributed by atoms with E-state index >= 15 is 0 Å². The maximum absolute atomic E-state index is 8.80. The van der Waals surface area contributed by atoms with Crippen LogP contribution in [0.2, 0.25) is 0 Å². The zero-order chi connectivity index (χ0) is 13.5. The Bertz CT molecular complexity index is 557. The van der Waals surface area contributed by atoms with E-state index in [1.54, 1.807) is 0 Å². The predicted octanol–water partition coefficient (Wildman–Crippen LogP) is 4.42. The molecule has 0 saturated heterocycles. The van der Waals surface area contributed by atoms with Crippen LogP contribution in [0.25, 0.3) is 11.1 Å². The number of rotatable bonds is 5. The number of hydrogen-bond donors (Lipinski definition) is 0. The van der Waals surface area contributed by atoms with Gasteiger partial charge >= 0.3 is 0 Å². The Morgan fingerprint density at radius 3 is 2.42 bits per heavy atom. The highest BCUT2D eigenvalue weighted by atomic mass is 16.5. The summed E-state index contributed by atoms with van der Waals surface area (Å²) >= 11 is 0. The van der Waals surface area contributed by atoms with Crippen molar-refractivity contribution in [3.8, 4) is 22.9 Å². The van der Waals surface area contributed by atoms with Crippen LogP contribution in [-0.2, 0) is 0 Å². The summed E-state index contributed by atoms with van der Waals surface area (Å²) in [4.78, 5) is 0. The SMILES string of the molecule is CCC(CC#N)Oc1ccccc1-c1ccccc1. The third kappa shape index (κ3) is 3.35. The van der Waals surface area contributed by atoms with Crippen LogP contribution < -0.4 is 4.74 Å². The van der Waals surface area contributed by atoms with Gasteiger partial charge in [0.2, 0.25) is 0 Å². The molecule has 2 rings (SSSR count). The van der Waals surface area contributed by atoms with E-state index in [1.807, 2.05) is 49.4 Å². The summed E-state index contributed by atoms with van der Waals surface area (Å²) in [6.07, 6.45) is 1.20.